The fourth-order valence-corrected chi connectivity index (χ4v) is 21.7. The maximum absolute atomic E-state index is 6.08. The highest BCUT2D eigenvalue weighted by atomic mass is 16.5. The molecule has 614 valence electrons. The van der Waals surface area contributed by atoms with Crippen LogP contribution in [0.5, 0.6) is 0 Å². The second-order valence-corrected chi connectivity index (χ2v) is 40.5. The summed E-state index contributed by atoms with van der Waals surface area (Å²) >= 11 is 0. The molecule has 8 spiro atoms. The van der Waals surface area contributed by atoms with E-state index >= 15 is 0 Å². The molecule has 0 amide bonds. The number of hydrogen-bond donors (Lipinski definition) is 7. The van der Waals surface area contributed by atoms with Crippen molar-refractivity contribution < 1.29 is 9.47 Å². The van der Waals surface area contributed by atoms with Crippen LogP contribution in [-0.4, -0.2) is 256 Å². The predicted octanol–water partition coefficient (Wildman–Crippen LogP) is 15.1. The molecular weight excluding hydrogens is 1300 g/mol. The Bertz CT molecular complexity index is 2160. The molecule has 16 fully saturated rings. The van der Waals surface area contributed by atoms with Crippen LogP contribution in [0.3, 0.4) is 0 Å². The van der Waals surface area contributed by atoms with Gasteiger partial charge in [0.15, 0.2) is 0 Å². The third-order valence-electron chi connectivity index (χ3n) is 30.8. The molecule has 0 aromatic rings. The number of rotatable bonds is 8. The monoisotopic (exact) mass is 1470 g/mol. The van der Waals surface area contributed by atoms with Gasteiger partial charge in [-0.1, -0.05) is 72.6 Å². The molecule has 0 aromatic carbocycles. The fraction of sp³-hybridized carbons (Fsp3) is 1.00. The van der Waals surface area contributed by atoms with Gasteiger partial charge in [0.2, 0.25) is 0 Å². The summed E-state index contributed by atoms with van der Waals surface area (Å²) in [6.45, 7) is 64.9. The minimum Gasteiger partial charge on any atom is -0.372 e. The van der Waals surface area contributed by atoms with E-state index in [1.807, 2.05) is 0 Å². The molecule has 0 radical (unpaired) electrons. The van der Waals surface area contributed by atoms with Gasteiger partial charge in [-0.2, -0.15) is 0 Å². The molecule has 3 atom stereocenters. The number of nitrogens with one attached hydrogen (secondary N) is 7. The van der Waals surface area contributed by atoms with Crippen LogP contribution in [0.25, 0.3) is 0 Å². The molecule has 105 heavy (non-hydrogen) atoms. The lowest BCUT2D eigenvalue weighted by Gasteiger charge is -2.50. The molecule has 12 saturated heterocycles. The Labute approximate surface area is 650 Å². The van der Waals surface area contributed by atoms with Gasteiger partial charge in [-0.15, -0.1) is 0 Å². The Kier molecular flexibility index (Phi) is 35.5. The smallest absolute Gasteiger partial charge is 0.0831 e. The summed E-state index contributed by atoms with van der Waals surface area (Å²) in [5.41, 5.74) is 4.23. The molecule has 12 aliphatic heterocycles. The maximum Gasteiger partial charge on any atom is 0.0831 e. The summed E-state index contributed by atoms with van der Waals surface area (Å²) in [5, 5.41) is 25.3. The number of likely N-dealkylation sites (tertiary alicyclic amines) is 5. The average Bonchev–Trinajstić information content (AvgIpc) is 1.77. The highest BCUT2D eigenvalue weighted by Crippen LogP contribution is 2.49. The van der Waals surface area contributed by atoms with Crippen LogP contribution >= 0.6 is 0 Å². The van der Waals surface area contributed by atoms with Crippen molar-refractivity contribution in [2.75, 3.05) is 151 Å². The van der Waals surface area contributed by atoms with E-state index in [0.717, 1.165) is 99.3 Å². The van der Waals surface area contributed by atoms with Gasteiger partial charge < -0.3 is 66.3 Å². The summed E-state index contributed by atoms with van der Waals surface area (Å²) in [7, 11) is 0. The minimum absolute atomic E-state index is 0.149. The van der Waals surface area contributed by atoms with Crippen LogP contribution in [0.1, 0.15) is 323 Å². The number of hydrogen-bond acceptors (Lipinski definition) is 15. The maximum atomic E-state index is 6.08. The van der Waals surface area contributed by atoms with Crippen molar-refractivity contribution in [1.82, 2.24) is 66.6 Å². The molecule has 4 aliphatic carbocycles. The van der Waals surface area contributed by atoms with Gasteiger partial charge in [0.05, 0.1) is 24.4 Å². The van der Waals surface area contributed by atoms with Crippen molar-refractivity contribution in [3.05, 3.63) is 0 Å². The lowest BCUT2D eigenvalue weighted by molar-refractivity contribution is -0.104. The Hall–Kier alpha value is -0.600. The van der Waals surface area contributed by atoms with E-state index in [4.69, 9.17) is 9.47 Å². The fourth-order valence-electron chi connectivity index (χ4n) is 21.7. The van der Waals surface area contributed by atoms with Gasteiger partial charge in [-0.25, -0.2) is 0 Å². The van der Waals surface area contributed by atoms with E-state index < -0.39 is 0 Å². The van der Waals surface area contributed by atoms with Crippen LogP contribution in [0.4, 0.5) is 0 Å². The Morgan fingerprint density at radius 3 is 0.990 bits per heavy atom. The normalized spacial score (nSPS) is 30.7. The first-order chi connectivity index (χ1) is 50.2. The van der Waals surface area contributed by atoms with Crippen LogP contribution in [0.15, 0.2) is 0 Å². The van der Waals surface area contributed by atoms with Crippen molar-refractivity contribution >= 4 is 0 Å². The number of piperidine rings is 7. The van der Waals surface area contributed by atoms with E-state index in [1.54, 1.807) is 0 Å². The molecule has 4 saturated carbocycles. The number of ether oxygens (including phenoxy) is 2. The van der Waals surface area contributed by atoms with Gasteiger partial charge in [0.1, 0.15) is 0 Å². The summed E-state index contributed by atoms with van der Waals surface area (Å²) < 4.78 is 12.1. The van der Waals surface area contributed by atoms with Crippen molar-refractivity contribution in [3.63, 3.8) is 0 Å². The van der Waals surface area contributed by atoms with Crippen molar-refractivity contribution in [2.24, 2.45) is 28.1 Å². The van der Waals surface area contributed by atoms with Gasteiger partial charge >= 0.3 is 0 Å². The molecule has 0 aromatic heterocycles. The van der Waals surface area contributed by atoms with E-state index in [2.05, 4.69) is 177 Å². The van der Waals surface area contributed by atoms with Crippen LogP contribution in [0, 0.1) is 28.1 Å². The molecule has 7 N–H and O–H groups in total. The lowest BCUT2D eigenvalue weighted by Crippen LogP contribution is -2.64. The van der Waals surface area contributed by atoms with E-state index in [9.17, 15) is 0 Å². The lowest BCUT2D eigenvalue weighted by atomic mass is 9.63. The summed E-state index contributed by atoms with van der Waals surface area (Å²) in [6.07, 6.45) is 46.6. The molecule has 0 bridgehead atoms. The number of morpholine rings is 2. The van der Waals surface area contributed by atoms with E-state index in [0.29, 0.717) is 46.0 Å². The van der Waals surface area contributed by atoms with Crippen LogP contribution in [-0.2, 0) is 9.47 Å². The molecule has 3 unspecified atom stereocenters. The number of nitrogens with zero attached hydrogens (tertiary/aromatic N) is 6. The Morgan fingerprint density at radius 2 is 0.619 bits per heavy atom. The number of piperazine rings is 1. The average molecular weight is 1470 g/mol. The quantitative estimate of drug-likeness (QED) is 0.125. The first-order valence-corrected chi connectivity index (χ1v) is 46.1. The Balaban J connectivity index is 0.000000139. The summed E-state index contributed by atoms with van der Waals surface area (Å²) in [6, 6.07) is 5.58. The summed E-state index contributed by atoms with van der Waals surface area (Å²) in [5.74, 6) is 1.37. The second-order valence-electron chi connectivity index (χ2n) is 40.5. The van der Waals surface area contributed by atoms with E-state index in [1.165, 1.54) is 310 Å². The molecule has 16 aliphatic rings. The predicted molar refractivity (Wildman–Crippen MR) is 448 cm³/mol. The molecular formula is C90H177N13O2. The summed E-state index contributed by atoms with van der Waals surface area (Å²) in [4.78, 5) is 15.7. The zero-order valence-electron chi connectivity index (χ0n) is 72.4. The highest BCUT2D eigenvalue weighted by molar-refractivity contribution is 5.03. The zero-order valence-corrected chi connectivity index (χ0v) is 72.4. The first kappa shape index (κ1) is 88.4. The topological polar surface area (TPSA) is 122 Å². The Morgan fingerprint density at radius 1 is 0.257 bits per heavy atom. The van der Waals surface area contributed by atoms with Gasteiger partial charge in [0, 0.05) is 124 Å². The molecule has 15 nitrogen and oxygen atoms in total. The second kappa shape index (κ2) is 42.1. The molecule has 15 heteroatoms. The van der Waals surface area contributed by atoms with Crippen molar-refractivity contribution in [1.29, 1.82) is 0 Å². The van der Waals surface area contributed by atoms with Crippen molar-refractivity contribution in [2.45, 2.75) is 399 Å². The van der Waals surface area contributed by atoms with Crippen LogP contribution in [0.2, 0.25) is 0 Å². The third-order valence-corrected chi connectivity index (χ3v) is 30.8. The van der Waals surface area contributed by atoms with Gasteiger partial charge in [-0.3, -0.25) is 9.80 Å². The largest absolute Gasteiger partial charge is 0.372 e. The zero-order chi connectivity index (χ0) is 75.2. The van der Waals surface area contributed by atoms with Gasteiger partial charge in [-0.05, 0) is 357 Å². The minimum atomic E-state index is 0.149. The molecule has 12 heterocycles. The molecule has 16 rings (SSSR count). The standard InChI is InChI=1S/C13H25N.C12H24N2.C11H22N2O.2C11H22N2.C11H21NO.C11H21N.C10H20N2/c1-12(2)14-10-8-13(9-11-14)6-4-3-5-7-13;1-11(2)14-9-6-12(7-10-14)5-3-4-8-13-12;1-9(2)10-7-14-11(8-13-10)3-5-12-6-4-11;1-10(2)13-7-4-11(5-8-13)3-6-12-9-11;1-10(2)13-8-4-6-11(9-13)5-3-7-12-11;1-9(2)10-7-13-11(8-12-10)5-3-4-6-11;1-10(2)12-8-6-11(7-9-12)4-3-5-11;1-9(2)12-7-6-11-10(8-12)4-3-5-10/h12H,3-11H2,1-2H3;11,13H,3-10H2,1-2H3;9-10,12-13H,3-8H2,1-2H3;2*10,12H,3-9H2,1-2H3;9-10,12H,3-8H2,1-2H3;10H,3-9H2,1-2H3;9,11H,3-8H2,1-2H3. The third kappa shape index (κ3) is 26.5. The van der Waals surface area contributed by atoms with E-state index in [-0.39, 0.29) is 11.2 Å². The highest BCUT2D eigenvalue weighted by Gasteiger charge is 2.45. The van der Waals surface area contributed by atoms with Crippen molar-refractivity contribution in [3.8, 4) is 0 Å². The van der Waals surface area contributed by atoms with Gasteiger partial charge in [0.25, 0.3) is 0 Å². The first-order valence-electron chi connectivity index (χ1n) is 46.1. The SMILES string of the molecule is CC(C)C1COC2(CCCC2)CN1.CC(C)C1COC2(CCNCC2)CN1.CC(C)N1CCC2(CCC2)CC1.CC(C)N1CCC2(CCCCC2)CC1.CC(C)N1CCC2(CCCCN2)CC1.CC(C)N1CCC2(CCNC2)CC1.CC(C)N1CCCC2(CCCN2)C1.CC(C)N1CCNC2(CCC2)C1. The van der Waals surface area contributed by atoms with Crippen LogP contribution < -0.4 is 37.2 Å².